The zero-order chi connectivity index (χ0) is 29.3. The lowest BCUT2D eigenvalue weighted by Crippen LogP contribution is -2.55. The van der Waals surface area contributed by atoms with Crippen LogP contribution in [0.2, 0.25) is 18.1 Å². The summed E-state index contributed by atoms with van der Waals surface area (Å²) in [6, 6.07) is 0. The Morgan fingerprint density at radius 1 is 1.03 bits per heavy atom. The van der Waals surface area contributed by atoms with E-state index in [1.807, 2.05) is 34.6 Å². The van der Waals surface area contributed by atoms with Gasteiger partial charge in [-0.3, -0.25) is 4.79 Å². The fourth-order valence-corrected chi connectivity index (χ4v) is 6.43. The van der Waals surface area contributed by atoms with Crippen molar-refractivity contribution in [3.8, 4) is 0 Å². The Morgan fingerprint density at radius 2 is 1.51 bits per heavy atom. The minimum Gasteiger partial charge on any atom is -0.481 e. The van der Waals surface area contributed by atoms with Crippen LogP contribution in [0.5, 0.6) is 0 Å². The van der Waals surface area contributed by atoms with E-state index in [-0.39, 0.29) is 34.8 Å². The normalized spacial score (nSPS) is 28.5. The molecule has 37 heavy (non-hydrogen) atoms. The van der Waals surface area contributed by atoms with Crippen molar-refractivity contribution in [3.05, 3.63) is 12.2 Å². The first-order chi connectivity index (χ1) is 16.5. The third-order valence-corrected chi connectivity index (χ3v) is 13.3. The van der Waals surface area contributed by atoms with E-state index in [1.165, 1.54) is 0 Å². The number of aliphatic hydroxyl groups excluding tert-OH is 2. The molecule has 8 heteroatoms. The fraction of sp³-hybridized carbons (Fsp3) is 0.897. The SMILES string of the molecule is C=C(C[C@H](C)[C@@H]1OC(C)(C)O[C@H]([C@@H](C)C(=O)O)[C@@H]1C)[C@@H](O[Si](C)(C)C(C)(C)C)[C@H](C)[C@@H](O)[C@@H](C)[C@@H](C)O. The zero-order valence-corrected chi connectivity index (χ0v) is 26.7. The van der Waals surface area contributed by atoms with Gasteiger partial charge in [-0.25, -0.2) is 0 Å². The zero-order valence-electron chi connectivity index (χ0n) is 25.7. The van der Waals surface area contributed by atoms with Gasteiger partial charge in [0.2, 0.25) is 0 Å². The predicted octanol–water partition coefficient (Wildman–Crippen LogP) is 5.85. The highest BCUT2D eigenvalue weighted by Crippen LogP contribution is 2.42. The van der Waals surface area contributed by atoms with Crippen LogP contribution >= 0.6 is 0 Å². The number of carboxylic acid groups (broad SMARTS) is 1. The molecule has 0 aliphatic carbocycles. The Hall–Kier alpha value is -0.773. The monoisotopic (exact) mass is 544 g/mol. The Bertz CT molecular complexity index is 773. The van der Waals surface area contributed by atoms with Crippen LogP contribution in [0.15, 0.2) is 12.2 Å². The number of carbonyl (C=O) groups is 1. The molecule has 0 spiro atoms. The largest absolute Gasteiger partial charge is 0.481 e. The Kier molecular flexibility index (Phi) is 11.7. The van der Waals surface area contributed by atoms with E-state index in [0.717, 1.165) is 5.57 Å². The lowest BCUT2D eigenvalue weighted by Gasteiger charge is -2.48. The van der Waals surface area contributed by atoms with Gasteiger partial charge in [0.25, 0.3) is 0 Å². The summed E-state index contributed by atoms with van der Waals surface area (Å²) in [5, 5.41) is 30.9. The van der Waals surface area contributed by atoms with Gasteiger partial charge in [0.15, 0.2) is 14.1 Å². The second-order valence-corrected chi connectivity index (χ2v) is 18.4. The van der Waals surface area contributed by atoms with E-state index in [0.29, 0.717) is 6.42 Å². The average molecular weight is 545 g/mol. The molecule has 1 aliphatic heterocycles. The molecular formula is C29H56O7Si. The number of ether oxygens (including phenoxy) is 2. The maximum atomic E-state index is 11.8. The first kappa shape index (κ1) is 34.3. The lowest BCUT2D eigenvalue weighted by molar-refractivity contribution is -0.333. The number of carboxylic acids is 1. The highest BCUT2D eigenvalue weighted by molar-refractivity contribution is 6.74. The smallest absolute Gasteiger partial charge is 0.308 e. The molecule has 0 saturated carbocycles. The van der Waals surface area contributed by atoms with Gasteiger partial charge in [0, 0.05) is 17.8 Å². The first-order valence-corrected chi connectivity index (χ1v) is 16.7. The molecule has 0 unspecified atom stereocenters. The third kappa shape index (κ3) is 8.61. The Balaban J connectivity index is 3.27. The summed E-state index contributed by atoms with van der Waals surface area (Å²) in [4.78, 5) is 11.8. The van der Waals surface area contributed by atoms with E-state index >= 15 is 0 Å². The molecule has 10 atom stereocenters. The second kappa shape index (κ2) is 12.6. The van der Waals surface area contributed by atoms with Crippen LogP contribution in [-0.2, 0) is 18.7 Å². The summed E-state index contributed by atoms with van der Waals surface area (Å²) in [5.41, 5.74) is 0.879. The summed E-state index contributed by atoms with van der Waals surface area (Å²) in [6.45, 7) is 30.3. The number of hydrogen-bond acceptors (Lipinski definition) is 6. The molecular weight excluding hydrogens is 488 g/mol. The summed E-state index contributed by atoms with van der Waals surface area (Å²) >= 11 is 0. The minimum atomic E-state index is -2.22. The number of hydrogen-bond donors (Lipinski definition) is 3. The van der Waals surface area contributed by atoms with Crippen molar-refractivity contribution in [2.75, 3.05) is 0 Å². The van der Waals surface area contributed by atoms with Crippen LogP contribution < -0.4 is 0 Å². The highest BCUT2D eigenvalue weighted by Gasteiger charge is 2.47. The molecule has 0 aromatic heterocycles. The highest BCUT2D eigenvalue weighted by atomic mass is 28.4. The predicted molar refractivity (Wildman–Crippen MR) is 151 cm³/mol. The van der Waals surface area contributed by atoms with E-state index in [2.05, 4.69) is 47.4 Å². The van der Waals surface area contributed by atoms with E-state index in [9.17, 15) is 20.1 Å². The lowest BCUT2D eigenvalue weighted by atomic mass is 9.78. The summed E-state index contributed by atoms with van der Waals surface area (Å²) in [5.74, 6) is -3.18. The van der Waals surface area contributed by atoms with Crippen LogP contribution in [-0.4, -0.2) is 65.9 Å². The number of aliphatic hydroxyl groups is 2. The standard InChI is InChI=1S/C29H56O7Si/c1-16(24-20(5)26(21(6)27(32)33)35-29(11,12)34-24)15-17(2)25(36-37(13,14)28(8,9)10)19(4)23(31)18(3)22(7)30/h16,18-26,30-31H,2,15H2,1,3-14H3,(H,32,33)/t16-,18-,19+,20+,21+,22+,23-,24-,25+,26-/m0/s1. The molecule has 218 valence electrons. The van der Waals surface area contributed by atoms with Gasteiger partial charge < -0.3 is 29.2 Å². The van der Waals surface area contributed by atoms with Crippen molar-refractivity contribution in [1.82, 2.24) is 0 Å². The van der Waals surface area contributed by atoms with Gasteiger partial charge >= 0.3 is 5.97 Å². The molecule has 1 aliphatic rings. The molecule has 0 amide bonds. The van der Waals surface area contributed by atoms with Crippen molar-refractivity contribution in [1.29, 1.82) is 0 Å². The first-order valence-electron chi connectivity index (χ1n) is 13.8. The Labute approximate surface area is 227 Å². The maximum absolute atomic E-state index is 11.8. The van der Waals surface area contributed by atoms with Crippen LogP contribution in [0.3, 0.4) is 0 Å². The van der Waals surface area contributed by atoms with Gasteiger partial charge in [0.05, 0.1) is 36.4 Å². The topological polar surface area (TPSA) is 105 Å². The van der Waals surface area contributed by atoms with Crippen LogP contribution in [0.4, 0.5) is 0 Å². The van der Waals surface area contributed by atoms with E-state index in [4.69, 9.17) is 13.9 Å². The van der Waals surface area contributed by atoms with Crippen LogP contribution in [0.1, 0.15) is 82.6 Å². The fourth-order valence-electron chi connectivity index (χ4n) is 5.06. The molecule has 3 N–H and O–H groups in total. The van der Waals surface area contributed by atoms with Crippen molar-refractivity contribution < 1.29 is 34.0 Å². The minimum absolute atomic E-state index is 0.0122. The van der Waals surface area contributed by atoms with Crippen molar-refractivity contribution in [3.63, 3.8) is 0 Å². The summed E-state index contributed by atoms with van der Waals surface area (Å²) in [7, 11) is -2.22. The van der Waals surface area contributed by atoms with E-state index in [1.54, 1.807) is 13.8 Å². The van der Waals surface area contributed by atoms with E-state index < -0.39 is 50.4 Å². The molecule has 1 rings (SSSR count). The quantitative estimate of drug-likeness (QED) is 0.209. The maximum Gasteiger partial charge on any atom is 0.308 e. The van der Waals surface area contributed by atoms with Crippen molar-refractivity contribution >= 4 is 14.3 Å². The number of rotatable bonds is 12. The van der Waals surface area contributed by atoms with Crippen molar-refractivity contribution in [2.45, 2.75) is 137 Å². The average Bonchev–Trinajstić information content (AvgIpc) is 2.75. The molecule has 0 radical (unpaired) electrons. The molecule has 1 saturated heterocycles. The molecule has 1 heterocycles. The van der Waals surface area contributed by atoms with Crippen LogP contribution in [0, 0.1) is 29.6 Å². The molecule has 0 aromatic carbocycles. The molecule has 7 nitrogen and oxygen atoms in total. The van der Waals surface area contributed by atoms with Crippen LogP contribution in [0.25, 0.3) is 0 Å². The van der Waals surface area contributed by atoms with Gasteiger partial charge in [-0.1, -0.05) is 55.0 Å². The van der Waals surface area contributed by atoms with Gasteiger partial charge in [-0.05, 0) is 63.7 Å². The molecule has 0 aromatic rings. The van der Waals surface area contributed by atoms with Gasteiger partial charge in [-0.2, -0.15) is 0 Å². The summed E-state index contributed by atoms with van der Waals surface area (Å²) < 4.78 is 19.3. The molecule has 1 fully saturated rings. The third-order valence-electron chi connectivity index (χ3n) is 8.85. The number of aliphatic carboxylic acids is 1. The van der Waals surface area contributed by atoms with Gasteiger partial charge in [0.1, 0.15) is 0 Å². The second-order valence-electron chi connectivity index (χ2n) is 13.6. The van der Waals surface area contributed by atoms with Gasteiger partial charge in [-0.15, -0.1) is 0 Å². The molecule has 0 bridgehead atoms. The van der Waals surface area contributed by atoms with Crippen molar-refractivity contribution in [2.24, 2.45) is 29.6 Å². The Morgan fingerprint density at radius 3 is 1.95 bits per heavy atom. The summed E-state index contributed by atoms with van der Waals surface area (Å²) in [6.07, 6.45) is -1.92.